The zero-order chi connectivity index (χ0) is 14.4. The van der Waals surface area contributed by atoms with E-state index in [-0.39, 0.29) is 12.5 Å². The van der Waals surface area contributed by atoms with Crippen molar-refractivity contribution in [3.05, 3.63) is 59.6 Å². The van der Waals surface area contributed by atoms with Crippen molar-refractivity contribution in [3.63, 3.8) is 0 Å². The average Bonchev–Trinajstić information content (AvgIpc) is 2.47. The van der Waals surface area contributed by atoms with Gasteiger partial charge in [-0.2, -0.15) is 0 Å². The Kier molecular flexibility index (Phi) is 4.85. The molecule has 0 aromatic heterocycles. The van der Waals surface area contributed by atoms with Crippen molar-refractivity contribution < 1.29 is 9.53 Å². The van der Waals surface area contributed by atoms with Gasteiger partial charge < -0.3 is 4.74 Å². The maximum atomic E-state index is 11.8. The van der Waals surface area contributed by atoms with Gasteiger partial charge in [0, 0.05) is 12.1 Å². The molecule has 0 saturated carbocycles. The molecule has 5 heteroatoms. The monoisotopic (exact) mass is 290 g/mol. The molecule has 0 spiro atoms. The van der Waals surface area contributed by atoms with Crippen LogP contribution >= 0.6 is 11.6 Å². The van der Waals surface area contributed by atoms with E-state index in [0.717, 1.165) is 5.69 Å². The van der Waals surface area contributed by atoms with Crippen molar-refractivity contribution in [2.45, 2.75) is 0 Å². The number of carbonyl (C=O) groups excluding carboxylic acids is 1. The first kappa shape index (κ1) is 14.2. The molecule has 1 amide bonds. The first-order valence-corrected chi connectivity index (χ1v) is 6.49. The van der Waals surface area contributed by atoms with Crippen molar-refractivity contribution in [1.29, 1.82) is 0 Å². The number of nitrogens with zero attached hydrogens (tertiary/aromatic N) is 1. The Bertz CT molecular complexity index is 558. The number of nitrogens with one attached hydrogen (secondary N) is 1. The van der Waals surface area contributed by atoms with Crippen LogP contribution in [-0.4, -0.2) is 19.6 Å². The number of rotatable bonds is 5. The van der Waals surface area contributed by atoms with Gasteiger partial charge in [0.2, 0.25) is 0 Å². The number of halogens is 1. The summed E-state index contributed by atoms with van der Waals surface area (Å²) >= 11 is 5.77. The summed E-state index contributed by atoms with van der Waals surface area (Å²) in [4.78, 5) is 11.8. The third-order valence-corrected chi connectivity index (χ3v) is 2.87. The number of ether oxygens (including phenoxy) is 1. The predicted octanol–water partition coefficient (Wildman–Crippen LogP) is 2.89. The SMILES string of the molecule is CN(NC(=O)COc1ccc(Cl)cc1)c1ccccc1. The lowest BCUT2D eigenvalue weighted by atomic mass is 10.3. The zero-order valence-electron chi connectivity index (χ0n) is 11.0. The van der Waals surface area contributed by atoms with Crippen LogP contribution in [0.2, 0.25) is 5.02 Å². The van der Waals surface area contributed by atoms with Gasteiger partial charge >= 0.3 is 0 Å². The smallest absolute Gasteiger partial charge is 0.276 e. The highest BCUT2D eigenvalue weighted by Gasteiger charge is 2.06. The van der Waals surface area contributed by atoms with E-state index in [1.807, 2.05) is 30.3 Å². The van der Waals surface area contributed by atoms with Crippen LogP contribution < -0.4 is 15.2 Å². The number of hydrazine groups is 1. The maximum absolute atomic E-state index is 11.8. The molecule has 0 radical (unpaired) electrons. The van der Waals surface area contributed by atoms with Gasteiger partial charge in [-0.3, -0.25) is 15.2 Å². The summed E-state index contributed by atoms with van der Waals surface area (Å²) in [5.74, 6) is 0.373. The van der Waals surface area contributed by atoms with Crippen LogP contribution in [0.1, 0.15) is 0 Å². The second-order valence-corrected chi connectivity index (χ2v) is 4.61. The van der Waals surface area contributed by atoms with Crippen molar-refractivity contribution in [3.8, 4) is 5.75 Å². The van der Waals surface area contributed by atoms with E-state index in [1.165, 1.54) is 0 Å². The predicted molar refractivity (Wildman–Crippen MR) is 79.9 cm³/mol. The average molecular weight is 291 g/mol. The molecular formula is C15H15ClN2O2. The van der Waals surface area contributed by atoms with Gasteiger partial charge in [0.25, 0.3) is 5.91 Å². The molecule has 0 fully saturated rings. The molecular weight excluding hydrogens is 276 g/mol. The Morgan fingerprint density at radius 1 is 1.15 bits per heavy atom. The molecule has 0 aliphatic carbocycles. The minimum Gasteiger partial charge on any atom is -0.484 e. The molecule has 0 aliphatic rings. The van der Waals surface area contributed by atoms with Gasteiger partial charge in [0.05, 0.1) is 5.69 Å². The third kappa shape index (κ3) is 4.17. The summed E-state index contributed by atoms with van der Waals surface area (Å²) in [6.07, 6.45) is 0. The lowest BCUT2D eigenvalue weighted by Gasteiger charge is -2.20. The molecule has 0 unspecified atom stereocenters. The van der Waals surface area contributed by atoms with Gasteiger partial charge in [-0.05, 0) is 36.4 Å². The van der Waals surface area contributed by atoms with Crippen LogP contribution in [0.5, 0.6) is 5.75 Å². The fraction of sp³-hybridized carbons (Fsp3) is 0.133. The van der Waals surface area contributed by atoms with Crippen molar-refractivity contribution >= 4 is 23.2 Å². The van der Waals surface area contributed by atoms with Gasteiger partial charge in [-0.15, -0.1) is 0 Å². The van der Waals surface area contributed by atoms with Crippen molar-refractivity contribution in [2.75, 3.05) is 18.7 Å². The second-order valence-electron chi connectivity index (χ2n) is 4.17. The molecule has 0 bridgehead atoms. The van der Waals surface area contributed by atoms with Gasteiger partial charge in [-0.25, -0.2) is 0 Å². The number of hydrogen-bond donors (Lipinski definition) is 1. The topological polar surface area (TPSA) is 41.6 Å². The summed E-state index contributed by atoms with van der Waals surface area (Å²) in [6, 6.07) is 16.4. The highest BCUT2D eigenvalue weighted by atomic mass is 35.5. The highest BCUT2D eigenvalue weighted by molar-refractivity contribution is 6.30. The van der Waals surface area contributed by atoms with Gasteiger partial charge in [-0.1, -0.05) is 29.8 Å². The second kappa shape index (κ2) is 6.82. The molecule has 0 saturated heterocycles. The Morgan fingerprint density at radius 3 is 2.45 bits per heavy atom. The van der Waals surface area contributed by atoms with Crippen LogP contribution in [-0.2, 0) is 4.79 Å². The standard InChI is InChI=1S/C15H15ClN2O2/c1-18(13-5-3-2-4-6-13)17-15(19)11-20-14-9-7-12(16)8-10-14/h2-10H,11H2,1H3,(H,17,19). The first-order chi connectivity index (χ1) is 9.65. The summed E-state index contributed by atoms with van der Waals surface area (Å²) in [7, 11) is 1.77. The van der Waals surface area contributed by atoms with Crippen LogP contribution in [0.15, 0.2) is 54.6 Å². The minimum absolute atomic E-state index is 0.0567. The van der Waals surface area contributed by atoms with Gasteiger partial charge in [0.1, 0.15) is 5.75 Å². The lowest BCUT2D eigenvalue weighted by molar-refractivity contribution is -0.123. The molecule has 2 aromatic rings. The third-order valence-electron chi connectivity index (χ3n) is 2.62. The number of para-hydroxylation sites is 1. The largest absolute Gasteiger partial charge is 0.484 e. The minimum atomic E-state index is -0.230. The Balaban J connectivity index is 1.82. The molecule has 104 valence electrons. The Labute approximate surface area is 122 Å². The summed E-state index contributed by atoms with van der Waals surface area (Å²) in [6.45, 7) is -0.0567. The first-order valence-electron chi connectivity index (χ1n) is 6.12. The van der Waals surface area contributed by atoms with Crippen molar-refractivity contribution in [1.82, 2.24) is 5.43 Å². The summed E-state index contributed by atoms with van der Waals surface area (Å²) in [5.41, 5.74) is 3.62. The number of hydrogen-bond acceptors (Lipinski definition) is 3. The van der Waals surface area contributed by atoms with Crippen LogP contribution in [0.3, 0.4) is 0 Å². The van der Waals surface area contributed by atoms with Gasteiger partial charge in [0.15, 0.2) is 6.61 Å². The van der Waals surface area contributed by atoms with Crippen LogP contribution in [0.4, 0.5) is 5.69 Å². The molecule has 0 heterocycles. The summed E-state index contributed by atoms with van der Waals surface area (Å²) in [5, 5.41) is 2.28. The zero-order valence-corrected chi connectivity index (χ0v) is 11.8. The van der Waals surface area contributed by atoms with E-state index in [1.54, 1.807) is 36.3 Å². The van der Waals surface area contributed by atoms with E-state index < -0.39 is 0 Å². The fourth-order valence-corrected chi connectivity index (χ4v) is 1.74. The molecule has 20 heavy (non-hydrogen) atoms. The van der Waals surface area contributed by atoms with E-state index in [9.17, 15) is 4.79 Å². The Hall–Kier alpha value is -2.20. The number of anilines is 1. The highest BCUT2D eigenvalue weighted by Crippen LogP contribution is 2.15. The molecule has 2 rings (SSSR count). The quantitative estimate of drug-likeness (QED) is 0.861. The van der Waals surface area contributed by atoms with E-state index in [0.29, 0.717) is 10.8 Å². The van der Waals surface area contributed by atoms with E-state index >= 15 is 0 Å². The normalized spacial score (nSPS) is 9.90. The van der Waals surface area contributed by atoms with E-state index in [2.05, 4.69) is 5.43 Å². The molecule has 1 N–H and O–H groups in total. The molecule has 4 nitrogen and oxygen atoms in total. The molecule has 0 aliphatic heterocycles. The summed E-state index contributed by atoms with van der Waals surface area (Å²) < 4.78 is 5.36. The number of carbonyl (C=O) groups is 1. The van der Waals surface area contributed by atoms with Crippen LogP contribution in [0.25, 0.3) is 0 Å². The Morgan fingerprint density at radius 2 is 1.80 bits per heavy atom. The van der Waals surface area contributed by atoms with Crippen molar-refractivity contribution in [2.24, 2.45) is 0 Å². The molecule has 0 atom stereocenters. The number of amides is 1. The molecule has 2 aromatic carbocycles. The van der Waals surface area contributed by atoms with Crippen LogP contribution in [0, 0.1) is 0 Å². The van der Waals surface area contributed by atoms with E-state index in [4.69, 9.17) is 16.3 Å². The fourth-order valence-electron chi connectivity index (χ4n) is 1.62. The maximum Gasteiger partial charge on any atom is 0.276 e. The lowest BCUT2D eigenvalue weighted by Crippen LogP contribution is -2.41. The number of benzene rings is 2.